The number of carbonyl (C=O) groups excluding carboxylic acids is 1. The van der Waals surface area contributed by atoms with Crippen molar-refractivity contribution in [3.05, 3.63) is 30.1 Å². The second kappa shape index (κ2) is 8.73. The van der Waals surface area contributed by atoms with E-state index in [1.165, 1.54) is 5.56 Å². The molecule has 0 aliphatic carbocycles. The highest BCUT2D eigenvalue weighted by Gasteiger charge is 2.20. The molecule has 1 aliphatic heterocycles. The minimum atomic E-state index is -0.0241. The molecule has 1 aromatic heterocycles. The number of carbonyl (C=O) groups is 1. The highest BCUT2D eigenvalue weighted by atomic mass is 16.2. The summed E-state index contributed by atoms with van der Waals surface area (Å²) in [4.78, 5) is 18.3. The molecule has 0 bridgehead atoms. The van der Waals surface area contributed by atoms with E-state index in [0.29, 0.717) is 12.0 Å². The number of likely N-dealkylation sites (tertiary alicyclic amines) is 1. The Kier molecular flexibility index (Phi) is 6.65. The summed E-state index contributed by atoms with van der Waals surface area (Å²) in [6, 6.07) is 4.44. The van der Waals surface area contributed by atoms with Crippen LogP contribution in [0.1, 0.15) is 32.3 Å². The van der Waals surface area contributed by atoms with Gasteiger partial charge in [0.2, 0.25) is 0 Å². The predicted octanol–water partition coefficient (Wildman–Crippen LogP) is 2.04. The van der Waals surface area contributed by atoms with Crippen molar-refractivity contribution in [1.29, 1.82) is 0 Å². The first-order valence-electron chi connectivity index (χ1n) is 8.29. The fourth-order valence-corrected chi connectivity index (χ4v) is 2.67. The number of rotatable bonds is 6. The van der Waals surface area contributed by atoms with Crippen molar-refractivity contribution in [3.8, 4) is 0 Å². The predicted molar refractivity (Wildman–Crippen MR) is 88.8 cm³/mol. The summed E-state index contributed by atoms with van der Waals surface area (Å²) in [5.41, 5.74) is 1.34. The molecule has 1 saturated heterocycles. The molecule has 5 heteroatoms. The van der Waals surface area contributed by atoms with Crippen LogP contribution in [0.15, 0.2) is 24.5 Å². The van der Waals surface area contributed by atoms with Crippen LogP contribution in [0.4, 0.5) is 4.79 Å². The lowest BCUT2D eigenvalue weighted by atomic mass is 10.0. The third-order valence-corrected chi connectivity index (χ3v) is 4.06. The lowest BCUT2D eigenvalue weighted by molar-refractivity contribution is 0.193. The number of pyridine rings is 1. The van der Waals surface area contributed by atoms with E-state index in [1.54, 1.807) is 0 Å². The highest BCUT2D eigenvalue weighted by molar-refractivity contribution is 5.74. The van der Waals surface area contributed by atoms with Gasteiger partial charge < -0.3 is 15.5 Å². The molecule has 1 aromatic rings. The van der Waals surface area contributed by atoms with Crippen molar-refractivity contribution in [3.63, 3.8) is 0 Å². The highest BCUT2D eigenvalue weighted by Crippen LogP contribution is 2.11. The zero-order valence-corrected chi connectivity index (χ0v) is 13.7. The molecule has 122 valence electrons. The zero-order valence-electron chi connectivity index (χ0n) is 13.7. The minimum Gasteiger partial charge on any atom is -0.338 e. The van der Waals surface area contributed by atoms with Crippen LogP contribution in [0.3, 0.4) is 0 Å². The fraction of sp³-hybridized carbons (Fsp3) is 0.647. The van der Waals surface area contributed by atoms with Gasteiger partial charge in [0, 0.05) is 44.6 Å². The van der Waals surface area contributed by atoms with E-state index in [9.17, 15) is 4.79 Å². The number of nitrogens with one attached hydrogen (secondary N) is 2. The Hall–Kier alpha value is -1.62. The van der Waals surface area contributed by atoms with Crippen molar-refractivity contribution >= 4 is 6.03 Å². The van der Waals surface area contributed by atoms with Crippen LogP contribution in [-0.4, -0.2) is 48.1 Å². The standard InChI is InChI=1S/C17H28N4O/c1-14(2)13-19-17(22)20-16-6-11-21(12-7-16)10-5-15-3-8-18-9-4-15/h3-4,8-9,14,16H,5-7,10-13H2,1-2H3,(H2,19,20,22). The van der Waals surface area contributed by atoms with Crippen molar-refractivity contribution in [2.45, 2.75) is 39.2 Å². The number of hydrogen-bond donors (Lipinski definition) is 2. The Labute approximate surface area is 133 Å². The maximum atomic E-state index is 11.8. The molecule has 0 unspecified atom stereocenters. The van der Waals surface area contributed by atoms with E-state index in [1.807, 2.05) is 12.4 Å². The molecule has 2 N–H and O–H groups in total. The van der Waals surface area contributed by atoms with Gasteiger partial charge in [0.25, 0.3) is 0 Å². The number of amides is 2. The van der Waals surface area contributed by atoms with E-state index in [2.05, 4.69) is 46.5 Å². The molecule has 1 fully saturated rings. The van der Waals surface area contributed by atoms with Crippen LogP contribution in [0.5, 0.6) is 0 Å². The smallest absolute Gasteiger partial charge is 0.315 e. The van der Waals surface area contributed by atoms with Gasteiger partial charge in [0.05, 0.1) is 0 Å². The minimum absolute atomic E-state index is 0.0241. The van der Waals surface area contributed by atoms with Crippen molar-refractivity contribution < 1.29 is 4.79 Å². The normalized spacial score (nSPS) is 16.7. The number of hydrogen-bond acceptors (Lipinski definition) is 3. The van der Waals surface area contributed by atoms with E-state index in [-0.39, 0.29) is 6.03 Å². The van der Waals surface area contributed by atoms with Gasteiger partial charge in [0.1, 0.15) is 0 Å². The lowest BCUT2D eigenvalue weighted by Crippen LogP contribution is -2.48. The Morgan fingerprint density at radius 3 is 2.64 bits per heavy atom. The summed E-state index contributed by atoms with van der Waals surface area (Å²) in [5, 5.41) is 6.00. The van der Waals surface area contributed by atoms with E-state index >= 15 is 0 Å². The van der Waals surface area contributed by atoms with Gasteiger partial charge in [-0.1, -0.05) is 13.8 Å². The summed E-state index contributed by atoms with van der Waals surface area (Å²) >= 11 is 0. The van der Waals surface area contributed by atoms with Gasteiger partial charge in [-0.2, -0.15) is 0 Å². The maximum Gasteiger partial charge on any atom is 0.315 e. The van der Waals surface area contributed by atoms with Crippen LogP contribution >= 0.6 is 0 Å². The molecule has 2 heterocycles. The molecular weight excluding hydrogens is 276 g/mol. The molecule has 0 atom stereocenters. The third-order valence-electron chi connectivity index (χ3n) is 4.06. The number of urea groups is 1. The van der Waals surface area contributed by atoms with Gasteiger partial charge in [0.15, 0.2) is 0 Å². The molecule has 0 aromatic carbocycles. The van der Waals surface area contributed by atoms with Crippen LogP contribution in [0.25, 0.3) is 0 Å². The molecule has 22 heavy (non-hydrogen) atoms. The summed E-state index contributed by atoms with van der Waals surface area (Å²) in [6.45, 7) is 8.12. The second-order valence-electron chi connectivity index (χ2n) is 6.47. The quantitative estimate of drug-likeness (QED) is 0.845. The van der Waals surface area contributed by atoms with E-state index in [0.717, 1.165) is 45.4 Å². The van der Waals surface area contributed by atoms with E-state index < -0.39 is 0 Å². The summed E-state index contributed by atoms with van der Waals surface area (Å²) in [5.74, 6) is 0.487. The van der Waals surface area contributed by atoms with E-state index in [4.69, 9.17) is 0 Å². The number of nitrogens with zero attached hydrogens (tertiary/aromatic N) is 2. The van der Waals surface area contributed by atoms with Crippen LogP contribution in [0, 0.1) is 5.92 Å². The van der Waals surface area contributed by atoms with Crippen molar-refractivity contribution in [2.24, 2.45) is 5.92 Å². The second-order valence-corrected chi connectivity index (χ2v) is 6.47. The lowest BCUT2D eigenvalue weighted by Gasteiger charge is -2.32. The first kappa shape index (κ1) is 16.7. The average Bonchev–Trinajstić information content (AvgIpc) is 2.53. The molecule has 2 rings (SSSR count). The summed E-state index contributed by atoms with van der Waals surface area (Å²) in [6.07, 6.45) is 6.83. The van der Waals surface area contributed by atoms with Crippen LogP contribution < -0.4 is 10.6 Å². The Balaban J connectivity index is 1.62. The summed E-state index contributed by atoms with van der Waals surface area (Å²) in [7, 11) is 0. The van der Waals surface area contributed by atoms with Gasteiger partial charge >= 0.3 is 6.03 Å². The van der Waals surface area contributed by atoms with Gasteiger partial charge in [-0.15, -0.1) is 0 Å². The molecule has 0 saturated carbocycles. The molecule has 1 aliphatic rings. The Morgan fingerprint density at radius 1 is 1.32 bits per heavy atom. The topological polar surface area (TPSA) is 57.3 Å². The van der Waals surface area contributed by atoms with Gasteiger partial charge in [-0.05, 0) is 42.9 Å². The molecule has 2 amide bonds. The monoisotopic (exact) mass is 304 g/mol. The van der Waals surface area contributed by atoms with Crippen LogP contribution in [-0.2, 0) is 6.42 Å². The third kappa shape index (κ3) is 6.02. The van der Waals surface area contributed by atoms with Crippen molar-refractivity contribution in [2.75, 3.05) is 26.2 Å². The maximum absolute atomic E-state index is 11.8. The largest absolute Gasteiger partial charge is 0.338 e. The first-order chi connectivity index (χ1) is 10.6. The first-order valence-corrected chi connectivity index (χ1v) is 8.29. The fourth-order valence-electron chi connectivity index (χ4n) is 2.67. The number of piperidine rings is 1. The SMILES string of the molecule is CC(C)CNC(=O)NC1CCN(CCc2ccncc2)CC1. The zero-order chi connectivity index (χ0) is 15.8. The molecule has 0 spiro atoms. The van der Waals surface area contributed by atoms with Gasteiger partial charge in [-0.25, -0.2) is 4.79 Å². The summed E-state index contributed by atoms with van der Waals surface area (Å²) < 4.78 is 0. The Bertz CT molecular complexity index is 441. The Morgan fingerprint density at radius 2 is 2.00 bits per heavy atom. The molecular formula is C17H28N4O. The van der Waals surface area contributed by atoms with Crippen LogP contribution in [0.2, 0.25) is 0 Å². The van der Waals surface area contributed by atoms with Crippen molar-refractivity contribution in [1.82, 2.24) is 20.5 Å². The average molecular weight is 304 g/mol. The molecule has 5 nitrogen and oxygen atoms in total. The van der Waals surface area contributed by atoms with Gasteiger partial charge in [-0.3, -0.25) is 4.98 Å². The molecule has 0 radical (unpaired) electrons. The number of aromatic nitrogens is 1.